The average Bonchev–Trinajstić information content (AvgIpc) is 2.31. The number of aryl methyl sites for hydroxylation is 1. The fraction of sp³-hybridized carbons (Fsp3) is 0.385. The number of phenols is 1. The van der Waals surface area contributed by atoms with Gasteiger partial charge in [0.25, 0.3) is 5.91 Å². The molecule has 5 nitrogen and oxygen atoms in total. The summed E-state index contributed by atoms with van der Waals surface area (Å²) in [5.74, 6) is -1.38. The number of benzene rings is 1. The minimum absolute atomic E-state index is 0.106. The predicted molar refractivity (Wildman–Crippen MR) is 66.6 cm³/mol. The molecule has 1 rings (SSSR count). The zero-order valence-electron chi connectivity index (χ0n) is 10.4. The fourth-order valence-electron chi connectivity index (χ4n) is 1.58. The molecule has 1 atom stereocenters. The lowest BCUT2D eigenvalue weighted by Gasteiger charge is -2.13. The first kappa shape index (κ1) is 14.0. The van der Waals surface area contributed by atoms with Crippen LogP contribution in [-0.4, -0.2) is 28.1 Å². The lowest BCUT2D eigenvalue weighted by Crippen LogP contribution is -2.40. The quantitative estimate of drug-likeness (QED) is 0.743. The Morgan fingerprint density at radius 1 is 1.39 bits per heavy atom. The van der Waals surface area contributed by atoms with E-state index in [1.165, 1.54) is 18.2 Å². The van der Waals surface area contributed by atoms with Crippen molar-refractivity contribution in [1.29, 1.82) is 0 Å². The molecule has 1 aromatic rings. The Balaban J connectivity index is 2.80. The van der Waals surface area contributed by atoms with Crippen LogP contribution in [0.4, 0.5) is 0 Å². The number of hydrogen-bond donors (Lipinski definition) is 3. The molecular weight excluding hydrogens is 234 g/mol. The number of aromatic hydroxyl groups is 1. The van der Waals surface area contributed by atoms with Gasteiger partial charge in [-0.3, -0.25) is 4.79 Å². The molecule has 0 radical (unpaired) electrons. The Bertz CT molecular complexity index is 456. The van der Waals surface area contributed by atoms with Crippen LogP contribution in [-0.2, 0) is 4.79 Å². The van der Waals surface area contributed by atoms with Crippen LogP contribution in [0.25, 0.3) is 0 Å². The van der Waals surface area contributed by atoms with Gasteiger partial charge in [-0.2, -0.15) is 0 Å². The maximum Gasteiger partial charge on any atom is 0.326 e. The highest BCUT2D eigenvalue weighted by Crippen LogP contribution is 2.17. The molecule has 0 heterocycles. The molecule has 1 amide bonds. The Morgan fingerprint density at radius 3 is 2.56 bits per heavy atom. The van der Waals surface area contributed by atoms with Crippen LogP contribution in [0.5, 0.6) is 5.75 Å². The van der Waals surface area contributed by atoms with Crippen molar-refractivity contribution in [3.8, 4) is 5.75 Å². The number of carboxylic acid groups (broad SMARTS) is 1. The normalized spacial score (nSPS) is 11.9. The minimum atomic E-state index is -1.04. The van der Waals surface area contributed by atoms with Gasteiger partial charge >= 0.3 is 5.97 Å². The number of carbonyl (C=O) groups is 2. The van der Waals surface area contributed by atoms with Crippen molar-refractivity contribution in [3.05, 3.63) is 29.3 Å². The van der Waals surface area contributed by atoms with Gasteiger partial charge in [0.15, 0.2) is 0 Å². The van der Waals surface area contributed by atoms with Gasteiger partial charge < -0.3 is 15.5 Å². The number of carbonyl (C=O) groups excluding carboxylic acids is 1. The van der Waals surface area contributed by atoms with Crippen molar-refractivity contribution >= 4 is 11.9 Å². The summed E-state index contributed by atoms with van der Waals surface area (Å²) in [5.41, 5.74) is 0.915. The molecule has 0 spiro atoms. The van der Waals surface area contributed by atoms with Gasteiger partial charge in [0, 0.05) is 5.56 Å². The number of carboxylic acids is 1. The summed E-state index contributed by atoms with van der Waals surface area (Å²) in [7, 11) is 0. The highest BCUT2D eigenvalue weighted by molar-refractivity contribution is 5.96. The first-order chi connectivity index (χ1) is 8.45. The van der Waals surface area contributed by atoms with E-state index in [9.17, 15) is 14.7 Å². The third-order valence-corrected chi connectivity index (χ3v) is 2.64. The summed E-state index contributed by atoms with van der Waals surface area (Å²) in [5, 5.41) is 20.8. The van der Waals surface area contributed by atoms with E-state index in [4.69, 9.17) is 5.11 Å². The number of amides is 1. The first-order valence-electron chi connectivity index (χ1n) is 5.79. The van der Waals surface area contributed by atoms with Crippen LogP contribution in [0.1, 0.15) is 35.7 Å². The Labute approximate surface area is 105 Å². The molecule has 3 N–H and O–H groups in total. The van der Waals surface area contributed by atoms with E-state index in [2.05, 4.69) is 5.32 Å². The average molecular weight is 251 g/mol. The topological polar surface area (TPSA) is 86.6 Å². The number of nitrogens with one attached hydrogen (secondary N) is 1. The van der Waals surface area contributed by atoms with Crippen molar-refractivity contribution in [2.45, 2.75) is 32.7 Å². The molecule has 0 aliphatic rings. The number of hydrogen-bond acceptors (Lipinski definition) is 3. The largest absolute Gasteiger partial charge is 0.508 e. The molecule has 0 unspecified atom stereocenters. The van der Waals surface area contributed by atoms with Crippen molar-refractivity contribution in [2.24, 2.45) is 0 Å². The number of aliphatic carboxylic acids is 1. The number of phenolic OH excluding ortho intramolecular Hbond substituents is 1. The van der Waals surface area contributed by atoms with E-state index in [0.717, 1.165) is 0 Å². The standard InChI is InChI=1S/C13H17NO4/c1-3-4-10(13(17)18)14-12(16)9-5-6-11(15)8(2)7-9/h5-7,10,15H,3-4H2,1-2H3,(H,14,16)(H,17,18)/t10-/m1/s1. The molecule has 0 bridgehead atoms. The maximum atomic E-state index is 11.8. The third-order valence-electron chi connectivity index (χ3n) is 2.64. The van der Waals surface area contributed by atoms with Gasteiger partial charge in [-0.1, -0.05) is 13.3 Å². The van der Waals surface area contributed by atoms with Crippen molar-refractivity contribution in [3.63, 3.8) is 0 Å². The molecule has 98 valence electrons. The van der Waals surface area contributed by atoms with E-state index in [1.54, 1.807) is 6.92 Å². The Morgan fingerprint density at radius 2 is 2.06 bits per heavy atom. The minimum Gasteiger partial charge on any atom is -0.508 e. The molecule has 0 aliphatic heterocycles. The van der Waals surface area contributed by atoms with Crippen LogP contribution in [0.2, 0.25) is 0 Å². The van der Waals surface area contributed by atoms with Crippen LogP contribution >= 0.6 is 0 Å². The Kier molecular flexibility index (Phi) is 4.71. The predicted octanol–water partition coefficient (Wildman–Crippen LogP) is 1.68. The maximum absolute atomic E-state index is 11.8. The highest BCUT2D eigenvalue weighted by atomic mass is 16.4. The second-order valence-electron chi connectivity index (χ2n) is 4.15. The third kappa shape index (κ3) is 3.48. The SMILES string of the molecule is CCC[C@@H](NC(=O)c1ccc(O)c(C)c1)C(=O)O. The van der Waals surface area contributed by atoms with Crippen molar-refractivity contribution in [2.75, 3.05) is 0 Å². The van der Waals surface area contributed by atoms with E-state index >= 15 is 0 Å². The van der Waals surface area contributed by atoms with Gasteiger partial charge in [0.2, 0.25) is 0 Å². The zero-order valence-corrected chi connectivity index (χ0v) is 10.4. The van der Waals surface area contributed by atoms with Gasteiger partial charge in [0.1, 0.15) is 11.8 Å². The molecule has 0 fully saturated rings. The van der Waals surface area contributed by atoms with Crippen LogP contribution in [0.15, 0.2) is 18.2 Å². The summed E-state index contributed by atoms with van der Waals surface area (Å²) >= 11 is 0. The van der Waals surface area contributed by atoms with Crippen LogP contribution in [0.3, 0.4) is 0 Å². The van der Waals surface area contributed by atoms with Crippen LogP contribution < -0.4 is 5.32 Å². The first-order valence-corrected chi connectivity index (χ1v) is 5.79. The monoisotopic (exact) mass is 251 g/mol. The highest BCUT2D eigenvalue weighted by Gasteiger charge is 2.19. The van der Waals surface area contributed by atoms with E-state index < -0.39 is 17.9 Å². The van der Waals surface area contributed by atoms with Crippen LogP contribution in [0, 0.1) is 6.92 Å². The van der Waals surface area contributed by atoms with Crippen molar-refractivity contribution < 1.29 is 19.8 Å². The second-order valence-corrected chi connectivity index (χ2v) is 4.15. The van der Waals surface area contributed by atoms with E-state index in [0.29, 0.717) is 24.0 Å². The Hall–Kier alpha value is -2.04. The molecule has 0 aromatic heterocycles. The second kappa shape index (κ2) is 6.05. The van der Waals surface area contributed by atoms with E-state index in [1.807, 2.05) is 6.92 Å². The zero-order chi connectivity index (χ0) is 13.7. The molecule has 0 aliphatic carbocycles. The van der Waals surface area contributed by atoms with Gasteiger partial charge in [0.05, 0.1) is 0 Å². The van der Waals surface area contributed by atoms with E-state index in [-0.39, 0.29) is 5.75 Å². The molecule has 1 aromatic carbocycles. The fourth-order valence-corrected chi connectivity index (χ4v) is 1.58. The van der Waals surface area contributed by atoms with Gasteiger partial charge in [-0.15, -0.1) is 0 Å². The smallest absolute Gasteiger partial charge is 0.326 e. The molecule has 0 saturated heterocycles. The summed E-state index contributed by atoms with van der Waals surface area (Å²) in [4.78, 5) is 22.8. The summed E-state index contributed by atoms with van der Waals surface area (Å²) in [6.45, 7) is 3.53. The summed E-state index contributed by atoms with van der Waals surface area (Å²) in [6, 6.07) is 3.52. The molecule has 0 saturated carbocycles. The van der Waals surface area contributed by atoms with Gasteiger partial charge in [-0.05, 0) is 37.1 Å². The lowest BCUT2D eigenvalue weighted by molar-refractivity contribution is -0.139. The van der Waals surface area contributed by atoms with Crippen molar-refractivity contribution in [1.82, 2.24) is 5.32 Å². The van der Waals surface area contributed by atoms with Gasteiger partial charge in [-0.25, -0.2) is 4.79 Å². The molecule has 5 heteroatoms. The summed E-state index contributed by atoms with van der Waals surface area (Å²) < 4.78 is 0. The number of rotatable bonds is 5. The summed E-state index contributed by atoms with van der Waals surface area (Å²) in [6.07, 6.45) is 1.06. The molecule has 18 heavy (non-hydrogen) atoms. The molecular formula is C13H17NO4. The lowest BCUT2D eigenvalue weighted by atomic mass is 10.1.